The van der Waals surface area contributed by atoms with Crippen molar-refractivity contribution in [2.45, 2.75) is 46.2 Å². The van der Waals surface area contributed by atoms with Gasteiger partial charge in [-0.1, -0.05) is 39.8 Å². The first kappa shape index (κ1) is 18.4. The maximum Gasteiger partial charge on any atom is 0.353 e. The first-order valence-electron chi connectivity index (χ1n) is 9.20. The van der Waals surface area contributed by atoms with E-state index in [1.807, 2.05) is 27.7 Å². The number of esters is 1. The maximum absolute atomic E-state index is 13.2. The van der Waals surface area contributed by atoms with Crippen molar-refractivity contribution >= 4 is 23.5 Å². The fourth-order valence-corrected chi connectivity index (χ4v) is 3.72. The van der Waals surface area contributed by atoms with Crippen LogP contribution in [0.5, 0.6) is 0 Å². The minimum absolute atomic E-state index is 0.150. The number of ether oxygens (including phenoxy) is 1. The number of carbonyl (C=O) groups is 3. The summed E-state index contributed by atoms with van der Waals surface area (Å²) < 4.78 is 5.54. The molecule has 0 radical (unpaired) electrons. The Morgan fingerprint density at radius 3 is 2.50 bits per heavy atom. The molecule has 0 aromatic heterocycles. The molecule has 1 atom stereocenters. The molecule has 0 bridgehead atoms. The van der Waals surface area contributed by atoms with E-state index in [0.717, 1.165) is 0 Å². The number of nitrogens with zero attached hydrogens (tertiary/aromatic N) is 2. The van der Waals surface area contributed by atoms with E-state index in [4.69, 9.17) is 4.74 Å². The Bertz CT molecular complexity index is 743. The topological polar surface area (TPSA) is 66.9 Å². The van der Waals surface area contributed by atoms with E-state index in [1.165, 1.54) is 4.90 Å². The Hall–Kier alpha value is -2.37. The standard InChI is InChI=1S/C20H26N2O4/c1-13(2)11-21-18(24)15-7-5-6-8-16(15)22-17(23)9-10-20(21,22)19(25)26-12-14(3)4/h5-8,13-14H,9-12H2,1-4H3/t20-/m1/s1. The number of hydrogen-bond donors (Lipinski definition) is 0. The summed E-state index contributed by atoms with van der Waals surface area (Å²) in [5, 5.41) is 0. The highest BCUT2D eigenvalue weighted by Crippen LogP contribution is 2.45. The molecule has 6 nitrogen and oxygen atoms in total. The number of benzene rings is 1. The number of anilines is 1. The van der Waals surface area contributed by atoms with Crippen molar-refractivity contribution < 1.29 is 19.1 Å². The molecule has 1 aromatic carbocycles. The first-order valence-corrected chi connectivity index (χ1v) is 9.20. The molecule has 1 aromatic rings. The van der Waals surface area contributed by atoms with Crippen LogP contribution in [-0.2, 0) is 14.3 Å². The van der Waals surface area contributed by atoms with E-state index in [1.54, 1.807) is 29.2 Å². The van der Waals surface area contributed by atoms with Crippen molar-refractivity contribution in [2.75, 3.05) is 18.1 Å². The second kappa shape index (κ2) is 6.74. The summed E-state index contributed by atoms with van der Waals surface area (Å²) >= 11 is 0. The molecule has 2 aliphatic heterocycles. The van der Waals surface area contributed by atoms with E-state index in [0.29, 0.717) is 17.8 Å². The summed E-state index contributed by atoms with van der Waals surface area (Å²) in [5.41, 5.74) is -0.418. The molecule has 2 heterocycles. The normalized spacial score (nSPS) is 22.1. The van der Waals surface area contributed by atoms with Gasteiger partial charge in [-0.25, -0.2) is 4.79 Å². The minimum atomic E-state index is -1.37. The predicted octanol–water partition coefficient (Wildman–Crippen LogP) is 2.82. The van der Waals surface area contributed by atoms with Crippen molar-refractivity contribution in [2.24, 2.45) is 11.8 Å². The Morgan fingerprint density at radius 2 is 1.85 bits per heavy atom. The lowest BCUT2D eigenvalue weighted by Gasteiger charge is -2.49. The number of para-hydroxylation sites is 1. The molecular formula is C20H26N2O4. The Kier molecular flexibility index (Phi) is 4.78. The monoisotopic (exact) mass is 358 g/mol. The molecule has 26 heavy (non-hydrogen) atoms. The van der Waals surface area contributed by atoms with Gasteiger partial charge in [-0.15, -0.1) is 0 Å². The van der Waals surface area contributed by atoms with Crippen molar-refractivity contribution in [3.63, 3.8) is 0 Å². The second-order valence-electron chi connectivity index (χ2n) is 7.86. The SMILES string of the molecule is CC(C)COC(=O)[C@@]12CCC(=O)N1c1ccccc1C(=O)N2CC(C)C. The van der Waals surface area contributed by atoms with Crippen LogP contribution in [0.3, 0.4) is 0 Å². The van der Waals surface area contributed by atoms with Crippen molar-refractivity contribution in [1.82, 2.24) is 4.90 Å². The summed E-state index contributed by atoms with van der Waals surface area (Å²) in [6.45, 7) is 8.53. The average Bonchev–Trinajstić information content (AvgIpc) is 2.95. The third-order valence-electron chi connectivity index (χ3n) is 4.80. The Morgan fingerprint density at radius 1 is 1.15 bits per heavy atom. The predicted molar refractivity (Wildman–Crippen MR) is 97.6 cm³/mol. The zero-order chi connectivity index (χ0) is 19.1. The summed E-state index contributed by atoms with van der Waals surface area (Å²) in [5.74, 6) is -0.565. The van der Waals surface area contributed by atoms with Crippen LogP contribution in [0.25, 0.3) is 0 Å². The molecule has 2 amide bonds. The van der Waals surface area contributed by atoms with Crippen LogP contribution in [0.1, 0.15) is 50.9 Å². The number of hydrogen-bond acceptors (Lipinski definition) is 4. The van der Waals surface area contributed by atoms with Crippen LogP contribution in [0.4, 0.5) is 5.69 Å². The minimum Gasteiger partial charge on any atom is -0.462 e. The fraction of sp³-hybridized carbons (Fsp3) is 0.550. The molecule has 0 spiro atoms. The van der Waals surface area contributed by atoms with Crippen LogP contribution >= 0.6 is 0 Å². The zero-order valence-corrected chi connectivity index (χ0v) is 15.8. The molecule has 1 fully saturated rings. The van der Waals surface area contributed by atoms with Gasteiger partial charge in [0.05, 0.1) is 17.9 Å². The molecule has 0 unspecified atom stereocenters. The van der Waals surface area contributed by atoms with Crippen molar-refractivity contribution in [3.8, 4) is 0 Å². The van der Waals surface area contributed by atoms with Crippen LogP contribution in [0, 0.1) is 11.8 Å². The van der Waals surface area contributed by atoms with Crippen LogP contribution in [0.15, 0.2) is 24.3 Å². The van der Waals surface area contributed by atoms with Gasteiger partial charge in [0, 0.05) is 19.4 Å². The Labute approximate surface area is 154 Å². The van der Waals surface area contributed by atoms with Crippen molar-refractivity contribution in [3.05, 3.63) is 29.8 Å². The molecule has 0 saturated carbocycles. The molecule has 1 saturated heterocycles. The molecular weight excluding hydrogens is 332 g/mol. The summed E-state index contributed by atoms with van der Waals surface area (Å²) in [4.78, 5) is 42.2. The molecule has 0 aliphatic carbocycles. The van der Waals surface area contributed by atoms with Crippen LogP contribution in [0.2, 0.25) is 0 Å². The van der Waals surface area contributed by atoms with Gasteiger partial charge in [0.1, 0.15) is 0 Å². The van der Waals surface area contributed by atoms with Gasteiger partial charge < -0.3 is 9.64 Å². The van der Waals surface area contributed by atoms with E-state index in [2.05, 4.69) is 0 Å². The van der Waals surface area contributed by atoms with Gasteiger partial charge in [-0.2, -0.15) is 0 Å². The largest absolute Gasteiger partial charge is 0.462 e. The zero-order valence-electron chi connectivity index (χ0n) is 15.8. The van der Waals surface area contributed by atoms with Crippen LogP contribution in [-0.4, -0.2) is 41.5 Å². The smallest absolute Gasteiger partial charge is 0.353 e. The lowest BCUT2D eigenvalue weighted by molar-refractivity contribution is -0.158. The first-order chi connectivity index (χ1) is 12.3. The molecule has 2 aliphatic rings. The van der Waals surface area contributed by atoms with Gasteiger partial charge in [0.2, 0.25) is 11.6 Å². The fourth-order valence-electron chi connectivity index (χ4n) is 3.72. The summed E-state index contributed by atoms with van der Waals surface area (Å²) in [6.07, 6.45) is 0.475. The van der Waals surface area contributed by atoms with Gasteiger partial charge in [-0.05, 0) is 24.0 Å². The maximum atomic E-state index is 13.2. The lowest BCUT2D eigenvalue weighted by Crippen LogP contribution is -2.69. The molecule has 3 rings (SSSR count). The van der Waals surface area contributed by atoms with Gasteiger partial charge >= 0.3 is 5.97 Å². The third-order valence-corrected chi connectivity index (χ3v) is 4.80. The summed E-state index contributed by atoms with van der Waals surface area (Å²) in [7, 11) is 0. The van der Waals surface area contributed by atoms with Gasteiger partial charge in [0.25, 0.3) is 5.91 Å². The second-order valence-corrected chi connectivity index (χ2v) is 7.86. The van der Waals surface area contributed by atoms with Crippen LogP contribution < -0.4 is 4.90 Å². The van der Waals surface area contributed by atoms with E-state index in [9.17, 15) is 14.4 Å². The molecule has 6 heteroatoms. The highest BCUT2D eigenvalue weighted by molar-refractivity contribution is 6.15. The van der Waals surface area contributed by atoms with Crippen molar-refractivity contribution in [1.29, 1.82) is 0 Å². The lowest BCUT2D eigenvalue weighted by atomic mass is 9.95. The van der Waals surface area contributed by atoms with E-state index < -0.39 is 11.6 Å². The van der Waals surface area contributed by atoms with Gasteiger partial charge in [-0.3, -0.25) is 14.5 Å². The molecule has 140 valence electrons. The number of carbonyl (C=O) groups excluding carboxylic acids is 3. The number of fused-ring (bicyclic) bond motifs is 3. The highest BCUT2D eigenvalue weighted by Gasteiger charge is 2.61. The highest BCUT2D eigenvalue weighted by atomic mass is 16.5. The third kappa shape index (κ3) is 2.77. The Balaban J connectivity index is 2.14. The van der Waals surface area contributed by atoms with E-state index in [-0.39, 0.29) is 43.1 Å². The number of amides is 2. The molecule has 0 N–H and O–H groups in total. The van der Waals surface area contributed by atoms with Gasteiger partial charge in [0.15, 0.2) is 0 Å². The summed E-state index contributed by atoms with van der Waals surface area (Å²) in [6, 6.07) is 6.99. The van der Waals surface area contributed by atoms with E-state index >= 15 is 0 Å². The average molecular weight is 358 g/mol. The number of rotatable bonds is 5. The quantitative estimate of drug-likeness (QED) is 0.759.